The Morgan fingerprint density at radius 2 is 2.33 bits per heavy atom. The summed E-state index contributed by atoms with van der Waals surface area (Å²) in [5, 5.41) is 0. The molecule has 2 rings (SSSR count). The molecule has 1 atom stereocenters. The zero-order valence-electron chi connectivity index (χ0n) is 13.0. The van der Waals surface area contributed by atoms with Crippen molar-refractivity contribution in [2.45, 2.75) is 26.2 Å². The molecule has 0 unspecified atom stereocenters. The molecule has 1 amide bonds. The van der Waals surface area contributed by atoms with Gasteiger partial charge in [-0.3, -0.25) is 4.79 Å². The van der Waals surface area contributed by atoms with Gasteiger partial charge in [0.25, 0.3) is 0 Å². The molecule has 1 aliphatic heterocycles. The Balaban J connectivity index is 1.67. The van der Waals surface area contributed by atoms with Gasteiger partial charge in [0, 0.05) is 20.2 Å². The number of aryl methyl sites for hydroxylation is 1. The Hall–Kier alpha value is -1.55. The van der Waals surface area contributed by atoms with E-state index < -0.39 is 0 Å². The summed E-state index contributed by atoms with van der Waals surface area (Å²) in [4.78, 5) is 13.9. The number of nitrogens with zero attached hydrogens (tertiary/aromatic N) is 1. The fourth-order valence-corrected chi connectivity index (χ4v) is 2.50. The third kappa shape index (κ3) is 4.74. The molecule has 0 bridgehead atoms. The number of rotatable bonds is 7. The average Bonchev–Trinajstić information content (AvgIpc) is 3.05. The predicted molar refractivity (Wildman–Crippen MR) is 82.5 cm³/mol. The number of hydrogen-bond acceptors (Lipinski definition) is 3. The summed E-state index contributed by atoms with van der Waals surface area (Å²) in [6.45, 7) is 4.77. The summed E-state index contributed by atoms with van der Waals surface area (Å²) < 4.78 is 11.0. The molecule has 1 heterocycles. The zero-order valence-corrected chi connectivity index (χ0v) is 13.0. The molecular weight excluding hydrogens is 266 g/mol. The van der Waals surface area contributed by atoms with Crippen LogP contribution in [0.2, 0.25) is 0 Å². The molecule has 1 aromatic rings. The van der Waals surface area contributed by atoms with Crippen molar-refractivity contribution < 1.29 is 14.3 Å². The molecule has 0 radical (unpaired) electrons. The molecule has 1 saturated heterocycles. The topological polar surface area (TPSA) is 38.8 Å². The lowest BCUT2D eigenvalue weighted by molar-refractivity contribution is -0.134. The first-order valence-corrected chi connectivity index (χ1v) is 7.75. The Morgan fingerprint density at radius 3 is 3.05 bits per heavy atom. The smallest absolute Gasteiger partial charge is 0.227 e. The monoisotopic (exact) mass is 291 g/mol. The quantitative estimate of drug-likeness (QED) is 0.725. The van der Waals surface area contributed by atoms with E-state index in [2.05, 4.69) is 19.1 Å². The van der Waals surface area contributed by atoms with Gasteiger partial charge in [-0.1, -0.05) is 19.1 Å². The Bertz CT molecular complexity index is 455. The number of amides is 1. The van der Waals surface area contributed by atoms with Crippen molar-refractivity contribution in [3.63, 3.8) is 0 Å². The molecule has 116 valence electrons. The van der Waals surface area contributed by atoms with Crippen molar-refractivity contribution in [2.75, 3.05) is 33.4 Å². The van der Waals surface area contributed by atoms with Gasteiger partial charge >= 0.3 is 0 Å². The van der Waals surface area contributed by atoms with Crippen LogP contribution in [0.3, 0.4) is 0 Å². The maximum Gasteiger partial charge on any atom is 0.227 e. The summed E-state index contributed by atoms with van der Waals surface area (Å²) >= 11 is 0. The van der Waals surface area contributed by atoms with Crippen LogP contribution in [-0.2, 0) is 16.0 Å². The molecule has 1 aromatic carbocycles. The summed E-state index contributed by atoms with van der Waals surface area (Å²) in [6, 6.07) is 8.17. The summed E-state index contributed by atoms with van der Waals surface area (Å²) in [5.41, 5.74) is 1.28. The van der Waals surface area contributed by atoms with E-state index >= 15 is 0 Å². The molecule has 4 nitrogen and oxygen atoms in total. The van der Waals surface area contributed by atoms with Crippen LogP contribution < -0.4 is 4.74 Å². The van der Waals surface area contributed by atoms with Crippen LogP contribution in [0.4, 0.5) is 0 Å². The molecule has 0 aliphatic carbocycles. The molecule has 21 heavy (non-hydrogen) atoms. The Kier molecular flexibility index (Phi) is 6.05. The molecule has 1 fully saturated rings. The molecular formula is C17H25NO3. The number of ether oxygens (including phenoxy) is 2. The van der Waals surface area contributed by atoms with E-state index in [0.717, 1.165) is 31.6 Å². The fourth-order valence-electron chi connectivity index (χ4n) is 2.50. The lowest BCUT2D eigenvalue weighted by Crippen LogP contribution is -2.34. The van der Waals surface area contributed by atoms with Crippen LogP contribution in [0.1, 0.15) is 25.3 Å². The second kappa shape index (κ2) is 8.03. The summed E-state index contributed by atoms with van der Waals surface area (Å²) in [6.07, 6.45) is 2.70. The summed E-state index contributed by atoms with van der Waals surface area (Å²) in [7, 11) is 1.86. The minimum atomic E-state index is 0.0529. The predicted octanol–water partition coefficient (Wildman–Crippen LogP) is 2.51. The van der Waals surface area contributed by atoms with Gasteiger partial charge < -0.3 is 14.4 Å². The van der Waals surface area contributed by atoms with Crippen LogP contribution in [0.25, 0.3) is 0 Å². The molecule has 0 saturated carbocycles. The van der Waals surface area contributed by atoms with Crippen LogP contribution in [0.15, 0.2) is 24.3 Å². The molecule has 4 heteroatoms. The number of hydrogen-bond donors (Lipinski definition) is 0. The van der Waals surface area contributed by atoms with Gasteiger partial charge in [0.1, 0.15) is 5.75 Å². The lowest BCUT2D eigenvalue weighted by Gasteiger charge is -2.20. The number of carbonyl (C=O) groups is 1. The molecule has 0 aromatic heterocycles. The average molecular weight is 291 g/mol. The highest BCUT2D eigenvalue weighted by Crippen LogP contribution is 2.16. The standard InChI is InChI=1S/C17H25NO3/c1-3-14-6-4-7-16(12-14)21-10-5-9-18(2)17(19)15-8-11-20-13-15/h4,6-7,12,15H,3,5,8-11,13H2,1-2H3/t15-/m0/s1. The first kappa shape index (κ1) is 15.8. The van der Waals surface area contributed by atoms with Crippen molar-refractivity contribution >= 4 is 5.91 Å². The second-order valence-electron chi connectivity index (χ2n) is 5.52. The minimum absolute atomic E-state index is 0.0529. The van der Waals surface area contributed by atoms with Gasteiger partial charge in [-0.25, -0.2) is 0 Å². The van der Waals surface area contributed by atoms with Crippen molar-refractivity contribution in [2.24, 2.45) is 5.92 Å². The van der Waals surface area contributed by atoms with Gasteiger partial charge in [0.15, 0.2) is 0 Å². The molecule has 0 spiro atoms. The Morgan fingerprint density at radius 1 is 1.48 bits per heavy atom. The van der Waals surface area contributed by atoms with Crippen molar-refractivity contribution in [1.82, 2.24) is 4.90 Å². The largest absolute Gasteiger partial charge is 0.494 e. The second-order valence-corrected chi connectivity index (χ2v) is 5.52. The maximum absolute atomic E-state index is 12.1. The Labute approximate surface area is 127 Å². The summed E-state index contributed by atoms with van der Waals surface area (Å²) in [5.74, 6) is 1.16. The van der Waals surface area contributed by atoms with Crippen LogP contribution in [0, 0.1) is 5.92 Å². The molecule has 1 aliphatic rings. The van der Waals surface area contributed by atoms with E-state index in [1.165, 1.54) is 5.56 Å². The van der Waals surface area contributed by atoms with Crippen molar-refractivity contribution in [1.29, 1.82) is 0 Å². The van der Waals surface area contributed by atoms with E-state index in [4.69, 9.17) is 9.47 Å². The van der Waals surface area contributed by atoms with Gasteiger partial charge in [0.2, 0.25) is 5.91 Å². The van der Waals surface area contributed by atoms with Crippen molar-refractivity contribution in [3.8, 4) is 5.75 Å². The highest BCUT2D eigenvalue weighted by molar-refractivity contribution is 5.78. The highest BCUT2D eigenvalue weighted by atomic mass is 16.5. The number of benzene rings is 1. The zero-order chi connectivity index (χ0) is 15.1. The normalized spacial score (nSPS) is 17.7. The van der Waals surface area contributed by atoms with Crippen LogP contribution >= 0.6 is 0 Å². The van der Waals surface area contributed by atoms with Gasteiger partial charge in [-0.05, 0) is 37.0 Å². The van der Waals surface area contributed by atoms with E-state index in [-0.39, 0.29) is 11.8 Å². The molecule has 0 N–H and O–H groups in total. The van der Waals surface area contributed by atoms with E-state index in [1.807, 2.05) is 19.2 Å². The minimum Gasteiger partial charge on any atom is -0.494 e. The maximum atomic E-state index is 12.1. The van der Waals surface area contributed by atoms with Gasteiger partial charge in [-0.15, -0.1) is 0 Å². The fraction of sp³-hybridized carbons (Fsp3) is 0.588. The first-order valence-electron chi connectivity index (χ1n) is 7.75. The van der Waals surface area contributed by atoms with Crippen LogP contribution in [0.5, 0.6) is 5.75 Å². The van der Waals surface area contributed by atoms with E-state index in [0.29, 0.717) is 19.8 Å². The van der Waals surface area contributed by atoms with E-state index in [9.17, 15) is 4.79 Å². The lowest BCUT2D eigenvalue weighted by atomic mass is 10.1. The van der Waals surface area contributed by atoms with E-state index in [1.54, 1.807) is 4.90 Å². The van der Waals surface area contributed by atoms with Crippen LogP contribution in [-0.4, -0.2) is 44.2 Å². The highest BCUT2D eigenvalue weighted by Gasteiger charge is 2.25. The van der Waals surface area contributed by atoms with Crippen molar-refractivity contribution in [3.05, 3.63) is 29.8 Å². The van der Waals surface area contributed by atoms with Gasteiger partial charge in [-0.2, -0.15) is 0 Å². The SMILES string of the molecule is CCc1cccc(OCCCN(C)C(=O)[C@H]2CCOC2)c1. The first-order chi connectivity index (χ1) is 10.2. The van der Waals surface area contributed by atoms with Gasteiger partial charge in [0.05, 0.1) is 19.1 Å². The number of carbonyl (C=O) groups excluding carboxylic acids is 1. The third-order valence-corrected chi connectivity index (χ3v) is 3.87. The third-order valence-electron chi connectivity index (χ3n) is 3.87.